The van der Waals surface area contributed by atoms with Crippen LogP contribution in [0.5, 0.6) is 0 Å². The first-order valence-corrected chi connectivity index (χ1v) is 6.84. The minimum Gasteiger partial charge on any atom is -0.466 e. The lowest BCUT2D eigenvalue weighted by Gasteiger charge is -2.32. The number of aromatic nitrogens is 2. The molecule has 5 nitrogen and oxygen atoms in total. The molecule has 1 aromatic heterocycles. The van der Waals surface area contributed by atoms with Crippen molar-refractivity contribution in [2.45, 2.75) is 33.6 Å². The quantitative estimate of drug-likeness (QED) is 0.779. The lowest BCUT2D eigenvalue weighted by atomic mass is 9.98. The highest BCUT2D eigenvalue weighted by Gasteiger charge is 2.27. The summed E-state index contributed by atoms with van der Waals surface area (Å²) in [6, 6.07) is 1.97. The minimum atomic E-state index is -0.0882. The molecular weight excluding hydrogens is 242 g/mol. The van der Waals surface area contributed by atoms with E-state index in [-0.39, 0.29) is 11.9 Å². The van der Waals surface area contributed by atoms with E-state index in [1.54, 1.807) is 0 Å². The van der Waals surface area contributed by atoms with E-state index in [9.17, 15) is 4.79 Å². The van der Waals surface area contributed by atoms with Crippen LogP contribution < -0.4 is 4.90 Å². The van der Waals surface area contributed by atoms with Gasteiger partial charge in [-0.2, -0.15) is 0 Å². The Morgan fingerprint density at radius 1 is 1.47 bits per heavy atom. The van der Waals surface area contributed by atoms with Gasteiger partial charge in [0.1, 0.15) is 11.6 Å². The molecule has 0 amide bonds. The average molecular weight is 263 g/mol. The minimum absolute atomic E-state index is 0.0377. The largest absolute Gasteiger partial charge is 0.466 e. The van der Waals surface area contributed by atoms with Gasteiger partial charge in [-0.3, -0.25) is 4.79 Å². The molecule has 0 radical (unpaired) electrons. The third-order valence-electron chi connectivity index (χ3n) is 3.32. The molecule has 104 valence electrons. The van der Waals surface area contributed by atoms with Crippen molar-refractivity contribution >= 4 is 11.8 Å². The van der Waals surface area contributed by atoms with E-state index < -0.39 is 0 Å². The van der Waals surface area contributed by atoms with E-state index in [0.29, 0.717) is 13.2 Å². The van der Waals surface area contributed by atoms with Crippen molar-refractivity contribution in [2.75, 3.05) is 24.6 Å². The van der Waals surface area contributed by atoms with Gasteiger partial charge in [-0.05, 0) is 33.6 Å². The summed E-state index contributed by atoms with van der Waals surface area (Å²) in [5.74, 6) is 1.56. The van der Waals surface area contributed by atoms with Crippen LogP contribution in [0.25, 0.3) is 0 Å². The molecule has 1 atom stereocenters. The topological polar surface area (TPSA) is 55.3 Å². The Balaban J connectivity index is 2.10. The molecule has 0 N–H and O–H groups in total. The fourth-order valence-corrected chi connectivity index (χ4v) is 2.50. The zero-order valence-corrected chi connectivity index (χ0v) is 11.8. The van der Waals surface area contributed by atoms with Gasteiger partial charge in [0.2, 0.25) is 0 Å². The molecule has 1 saturated heterocycles. The summed E-state index contributed by atoms with van der Waals surface area (Å²) in [6.45, 7) is 7.77. The maximum absolute atomic E-state index is 11.8. The third kappa shape index (κ3) is 3.43. The number of carbonyl (C=O) groups is 1. The molecule has 0 spiro atoms. The molecule has 0 aromatic carbocycles. The maximum Gasteiger partial charge on any atom is 0.310 e. The normalized spacial score (nSPS) is 19.3. The Morgan fingerprint density at radius 3 is 2.95 bits per heavy atom. The number of hydrogen-bond acceptors (Lipinski definition) is 5. The van der Waals surface area contributed by atoms with E-state index in [4.69, 9.17) is 4.74 Å². The Hall–Kier alpha value is -1.65. The summed E-state index contributed by atoms with van der Waals surface area (Å²) in [7, 11) is 0. The Kier molecular flexibility index (Phi) is 4.35. The van der Waals surface area contributed by atoms with Crippen molar-refractivity contribution in [1.82, 2.24) is 9.97 Å². The maximum atomic E-state index is 11.8. The molecule has 1 aliphatic rings. The van der Waals surface area contributed by atoms with Crippen molar-refractivity contribution in [1.29, 1.82) is 0 Å². The average Bonchev–Trinajstić information content (AvgIpc) is 2.38. The summed E-state index contributed by atoms with van der Waals surface area (Å²) in [4.78, 5) is 22.7. The molecule has 0 saturated carbocycles. The van der Waals surface area contributed by atoms with Gasteiger partial charge < -0.3 is 9.64 Å². The number of carbonyl (C=O) groups excluding carboxylic acids is 1. The van der Waals surface area contributed by atoms with Crippen LogP contribution in [-0.4, -0.2) is 35.6 Å². The van der Waals surface area contributed by atoms with E-state index in [1.807, 2.05) is 26.8 Å². The predicted molar refractivity (Wildman–Crippen MR) is 73.1 cm³/mol. The van der Waals surface area contributed by atoms with Gasteiger partial charge >= 0.3 is 5.97 Å². The number of rotatable bonds is 3. The highest BCUT2D eigenvalue weighted by atomic mass is 16.5. The van der Waals surface area contributed by atoms with Gasteiger partial charge in [-0.1, -0.05) is 0 Å². The smallest absolute Gasteiger partial charge is 0.310 e. The molecule has 5 heteroatoms. The summed E-state index contributed by atoms with van der Waals surface area (Å²) in [5.41, 5.74) is 0.959. The van der Waals surface area contributed by atoms with Gasteiger partial charge in [0.05, 0.1) is 12.5 Å². The van der Waals surface area contributed by atoms with Crippen LogP contribution in [0.2, 0.25) is 0 Å². The molecule has 19 heavy (non-hydrogen) atoms. The molecule has 2 heterocycles. The fraction of sp³-hybridized carbons (Fsp3) is 0.643. The molecule has 0 aliphatic carbocycles. The summed E-state index contributed by atoms with van der Waals surface area (Å²) >= 11 is 0. The van der Waals surface area contributed by atoms with Crippen LogP contribution in [0.1, 0.15) is 31.3 Å². The highest BCUT2D eigenvalue weighted by molar-refractivity contribution is 5.73. The van der Waals surface area contributed by atoms with Gasteiger partial charge in [0.15, 0.2) is 0 Å². The van der Waals surface area contributed by atoms with Crippen LogP contribution >= 0.6 is 0 Å². The number of esters is 1. The number of aryl methyl sites for hydroxylation is 2. The van der Waals surface area contributed by atoms with Crippen molar-refractivity contribution in [3.05, 3.63) is 17.6 Å². The third-order valence-corrected chi connectivity index (χ3v) is 3.32. The molecular formula is C14H21N3O2. The SMILES string of the molecule is CCOC(=O)C1CCCN(c2cc(C)nc(C)n2)C1. The van der Waals surface area contributed by atoms with Crippen molar-refractivity contribution in [3.63, 3.8) is 0 Å². The lowest BCUT2D eigenvalue weighted by molar-refractivity contribution is -0.148. The first-order chi connectivity index (χ1) is 9.10. The van der Waals surface area contributed by atoms with E-state index in [1.165, 1.54) is 0 Å². The number of nitrogens with zero attached hydrogens (tertiary/aromatic N) is 3. The molecule has 1 unspecified atom stereocenters. The molecule has 1 fully saturated rings. The predicted octanol–water partition coefficient (Wildman–Crippen LogP) is 1.87. The second-order valence-electron chi connectivity index (χ2n) is 4.95. The standard InChI is InChI=1S/C14H21N3O2/c1-4-19-14(18)12-6-5-7-17(9-12)13-8-10(2)15-11(3)16-13/h8,12H,4-7,9H2,1-3H3. The zero-order chi connectivity index (χ0) is 13.8. The molecule has 1 aromatic rings. The van der Waals surface area contributed by atoms with Crippen LogP contribution in [0.3, 0.4) is 0 Å². The van der Waals surface area contributed by atoms with Crippen LogP contribution in [0, 0.1) is 19.8 Å². The van der Waals surface area contributed by atoms with E-state index >= 15 is 0 Å². The Labute approximate surface area is 114 Å². The fourth-order valence-electron chi connectivity index (χ4n) is 2.50. The van der Waals surface area contributed by atoms with Gasteiger partial charge in [0, 0.05) is 24.8 Å². The molecule has 1 aliphatic heterocycles. The number of piperidine rings is 1. The van der Waals surface area contributed by atoms with Crippen LogP contribution in [0.15, 0.2) is 6.07 Å². The first-order valence-electron chi connectivity index (χ1n) is 6.84. The Bertz CT molecular complexity index is 442. The number of anilines is 1. The molecule has 0 bridgehead atoms. The van der Waals surface area contributed by atoms with Crippen molar-refractivity contribution in [3.8, 4) is 0 Å². The van der Waals surface area contributed by atoms with Crippen LogP contribution in [0.4, 0.5) is 5.82 Å². The first kappa shape index (κ1) is 13.8. The van der Waals surface area contributed by atoms with Crippen molar-refractivity contribution < 1.29 is 9.53 Å². The van der Waals surface area contributed by atoms with E-state index in [2.05, 4.69) is 14.9 Å². The Morgan fingerprint density at radius 2 is 2.26 bits per heavy atom. The second kappa shape index (κ2) is 5.99. The molecule has 2 rings (SSSR count). The van der Waals surface area contributed by atoms with E-state index in [0.717, 1.165) is 36.7 Å². The zero-order valence-electron chi connectivity index (χ0n) is 11.8. The highest BCUT2D eigenvalue weighted by Crippen LogP contribution is 2.23. The van der Waals surface area contributed by atoms with Gasteiger partial charge in [0.25, 0.3) is 0 Å². The summed E-state index contributed by atoms with van der Waals surface area (Å²) < 4.78 is 5.11. The van der Waals surface area contributed by atoms with Gasteiger partial charge in [-0.25, -0.2) is 9.97 Å². The second-order valence-corrected chi connectivity index (χ2v) is 4.95. The van der Waals surface area contributed by atoms with Gasteiger partial charge in [-0.15, -0.1) is 0 Å². The summed E-state index contributed by atoms with van der Waals surface area (Å²) in [6.07, 6.45) is 1.89. The number of ether oxygens (including phenoxy) is 1. The monoisotopic (exact) mass is 263 g/mol. The number of hydrogen-bond donors (Lipinski definition) is 0. The van der Waals surface area contributed by atoms with Crippen molar-refractivity contribution in [2.24, 2.45) is 5.92 Å². The summed E-state index contributed by atoms with van der Waals surface area (Å²) in [5, 5.41) is 0. The van der Waals surface area contributed by atoms with Crippen LogP contribution in [-0.2, 0) is 9.53 Å². The lowest BCUT2D eigenvalue weighted by Crippen LogP contribution is -2.40.